The van der Waals surface area contributed by atoms with Crippen molar-refractivity contribution in [1.29, 1.82) is 0 Å². The molecule has 0 bridgehead atoms. The van der Waals surface area contributed by atoms with Gasteiger partial charge < -0.3 is 4.42 Å². The largest absolute Gasteiger partial charge is 0.455 e. The highest BCUT2D eigenvalue weighted by atomic mass is 19.1. The number of benzene rings is 4. The molecule has 4 aromatic carbocycles. The Balaban J connectivity index is 1.61. The highest BCUT2D eigenvalue weighted by Crippen LogP contribution is 2.36. The van der Waals surface area contributed by atoms with Crippen molar-refractivity contribution in [3.63, 3.8) is 0 Å². The Hall–Kier alpha value is -3.65. The molecule has 134 valence electrons. The van der Waals surface area contributed by atoms with Crippen molar-refractivity contribution >= 4 is 11.0 Å². The molecule has 0 saturated heterocycles. The molecule has 0 aliphatic carbocycles. The van der Waals surface area contributed by atoms with E-state index in [9.17, 15) is 4.39 Å². The van der Waals surface area contributed by atoms with Crippen LogP contribution >= 0.6 is 0 Å². The van der Waals surface area contributed by atoms with Gasteiger partial charge in [-0.3, -0.25) is 0 Å². The van der Waals surface area contributed by atoms with E-state index in [2.05, 4.69) is 24.3 Å². The second kappa shape index (κ2) is 6.82. The lowest BCUT2D eigenvalue weighted by molar-refractivity contribution is 0.620. The molecule has 0 aliphatic rings. The number of hydrogen-bond donors (Lipinski definition) is 0. The lowest BCUT2D eigenvalue weighted by Crippen LogP contribution is -1.83. The van der Waals surface area contributed by atoms with Gasteiger partial charge in [-0.2, -0.15) is 0 Å². The normalized spacial score (nSPS) is 11.0. The van der Waals surface area contributed by atoms with E-state index in [1.165, 1.54) is 12.1 Å². The monoisotopic (exact) mass is 364 g/mol. The van der Waals surface area contributed by atoms with Crippen LogP contribution in [0.2, 0.25) is 0 Å². The second-order valence-electron chi connectivity index (χ2n) is 6.79. The SMILES string of the molecule is Fc1cc(-c2ccc(-c3ccccc3)cc2)c2oc(-c3ccccc3)cc2c1. The average Bonchev–Trinajstić information content (AvgIpc) is 3.18. The molecular weight excluding hydrogens is 347 g/mol. The van der Waals surface area contributed by atoms with Gasteiger partial charge in [0.05, 0.1) is 0 Å². The van der Waals surface area contributed by atoms with E-state index in [-0.39, 0.29) is 5.82 Å². The first-order chi connectivity index (χ1) is 13.8. The summed E-state index contributed by atoms with van der Waals surface area (Å²) in [5, 5.41) is 0.765. The molecule has 5 aromatic rings. The van der Waals surface area contributed by atoms with Gasteiger partial charge >= 0.3 is 0 Å². The molecule has 0 unspecified atom stereocenters. The summed E-state index contributed by atoms with van der Waals surface area (Å²) in [6.07, 6.45) is 0. The van der Waals surface area contributed by atoms with Crippen molar-refractivity contribution in [2.75, 3.05) is 0 Å². The Kier molecular flexibility index (Phi) is 4.02. The van der Waals surface area contributed by atoms with E-state index in [4.69, 9.17) is 4.42 Å². The maximum absolute atomic E-state index is 14.3. The van der Waals surface area contributed by atoms with E-state index in [1.807, 2.05) is 66.7 Å². The predicted molar refractivity (Wildman–Crippen MR) is 112 cm³/mol. The smallest absolute Gasteiger partial charge is 0.142 e. The molecule has 1 nitrogen and oxygen atoms in total. The first-order valence-corrected chi connectivity index (χ1v) is 9.22. The summed E-state index contributed by atoms with van der Waals surface area (Å²) >= 11 is 0. The maximum Gasteiger partial charge on any atom is 0.142 e. The van der Waals surface area contributed by atoms with Gasteiger partial charge in [0, 0.05) is 16.5 Å². The van der Waals surface area contributed by atoms with E-state index in [0.29, 0.717) is 5.58 Å². The molecule has 0 fully saturated rings. The Bertz CT molecular complexity index is 1240. The highest BCUT2D eigenvalue weighted by molar-refractivity contribution is 5.95. The van der Waals surface area contributed by atoms with Gasteiger partial charge in [-0.05, 0) is 34.9 Å². The van der Waals surface area contributed by atoms with Crippen molar-refractivity contribution < 1.29 is 8.81 Å². The quantitative estimate of drug-likeness (QED) is 0.322. The third-order valence-corrected chi connectivity index (χ3v) is 4.94. The van der Waals surface area contributed by atoms with E-state index in [0.717, 1.165) is 39.0 Å². The Labute approximate surface area is 162 Å². The van der Waals surface area contributed by atoms with E-state index < -0.39 is 0 Å². The Morgan fingerprint density at radius 3 is 1.79 bits per heavy atom. The van der Waals surface area contributed by atoms with Gasteiger partial charge in [0.2, 0.25) is 0 Å². The third-order valence-electron chi connectivity index (χ3n) is 4.94. The topological polar surface area (TPSA) is 13.1 Å². The number of hydrogen-bond acceptors (Lipinski definition) is 1. The summed E-state index contributed by atoms with van der Waals surface area (Å²) in [5.41, 5.74) is 5.65. The number of fused-ring (bicyclic) bond motifs is 1. The first kappa shape index (κ1) is 16.5. The molecule has 0 spiro atoms. The minimum atomic E-state index is -0.268. The highest BCUT2D eigenvalue weighted by Gasteiger charge is 2.13. The van der Waals surface area contributed by atoms with Crippen molar-refractivity contribution in [3.8, 4) is 33.6 Å². The molecule has 0 radical (unpaired) electrons. The number of halogens is 1. The molecule has 0 atom stereocenters. The van der Waals surface area contributed by atoms with Gasteiger partial charge in [-0.1, -0.05) is 84.9 Å². The zero-order valence-electron chi connectivity index (χ0n) is 15.1. The van der Waals surface area contributed by atoms with Crippen LogP contribution in [-0.2, 0) is 0 Å². The zero-order chi connectivity index (χ0) is 18.9. The fraction of sp³-hybridized carbons (Fsp3) is 0. The maximum atomic E-state index is 14.3. The van der Waals surface area contributed by atoms with Crippen LogP contribution in [-0.4, -0.2) is 0 Å². The van der Waals surface area contributed by atoms with Crippen LogP contribution in [0.3, 0.4) is 0 Å². The molecule has 0 amide bonds. The standard InChI is InChI=1S/C26H17FO/c27-23-15-22-16-25(21-9-5-2-6-10-21)28-26(22)24(17-23)20-13-11-19(12-14-20)18-7-3-1-4-8-18/h1-17H. The van der Waals surface area contributed by atoms with Gasteiger partial charge in [0.1, 0.15) is 17.2 Å². The van der Waals surface area contributed by atoms with E-state index >= 15 is 0 Å². The van der Waals surface area contributed by atoms with Crippen LogP contribution in [0.15, 0.2) is 108 Å². The Morgan fingerprint density at radius 2 is 1.11 bits per heavy atom. The minimum absolute atomic E-state index is 0.268. The van der Waals surface area contributed by atoms with Crippen LogP contribution in [0.4, 0.5) is 4.39 Å². The summed E-state index contributed by atoms with van der Waals surface area (Å²) in [6, 6.07) is 33.2. The molecule has 2 heteroatoms. The van der Waals surface area contributed by atoms with Crippen molar-refractivity contribution in [3.05, 3.63) is 109 Å². The van der Waals surface area contributed by atoms with Crippen LogP contribution in [0.5, 0.6) is 0 Å². The molecule has 1 heterocycles. The fourth-order valence-corrected chi connectivity index (χ4v) is 3.55. The van der Waals surface area contributed by atoms with Gasteiger partial charge in [0.25, 0.3) is 0 Å². The summed E-state index contributed by atoms with van der Waals surface area (Å²) in [7, 11) is 0. The van der Waals surface area contributed by atoms with Crippen LogP contribution in [0.1, 0.15) is 0 Å². The first-order valence-electron chi connectivity index (χ1n) is 9.22. The van der Waals surface area contributed by atoms with Crippen molar-refractivity contribution in [1.82, 2.24) is 0 Å². The van der Waals surface area contributed by atoms with Crippen molar-refractivity contribution in [2.24, 2.45) is 0 Å². The van der Waals surface area contributed by atoms with Gasteiger partial charge in [-0.25, -0.2) is 4.39 Å². The average molecular weight is 364 g/mol. The molecular formula is C26H17FO. The molecule has 0 saturated carbocycles. The van der Waals surface area contributed by atoms with Gasteiger partial charge in [0.15, 0.2) is 0 Å². The number of furan rings is 1. The Morgan fingerprint density at radius 1 is 0.536 bits per heavy atom. The third kappa shape index (κ3) is 2.99. The zero-order valence-corrected chi connectivity index (χ0v) is 15.1. The van der Waals surface area contributed by atoms with Crippen LogP contribution < -0.4 is 0 Å². The molecule has 0 aliphatic heterocycles. The summed E-state index contributed by atoms with van der Waals surface area (Å²) < 4.78 is 20.4. The molecule has 0 N–H and O–H groups in total. The predicted octanol–water partition coefficient (Wildman–Crippen LogP) is 7.57. The fourth-order valence-electron chi connectivity index (χ4n) is 3.55. The van der Waals surface area contributed by atoms with Crippen LogP contribution in [0, 0.1) is 5.82 Å². The molecule has 1 aromatic heterocycles. The van der Waals surface area contributed by atoms with Crippen LogP contribution in [0.25, 0.3) is 44.5 Å². The molecule has 5 rings (SSSR count). The molecule has 28 heavy (non-hydrogen) atoms. The summed E-state index contributed by atoms with van der Waals surface area (Å²) in [6.45, 7) is 0. The lowest BCUT2D eigenvalue weighted by atomic mass is 9.99. The minimum Gasteiger partial charge on any atom is -0.455 e. The van der Waals surface area contributed by atoms with E-state index in [1.54, 1.807) is 0 Å². The number of rotatable bonds is 3. The summed E-state index contributed by atoms with van der Waals surface area (Å²) in [5.74, 6) is 0.471. The van der Waals surface area contributed by atoms with Gasteiger partial charge in [-0.15, -0.1) is 0 Å². The lowest BCUT2D eigenvalue weighted by Gasteiger charge is -2.06. The second-order valence-corrected chi connectivity index (χ2v) is 6.79. The van der Waals surface area contributed by atoms with Crippen molar-refractivity contribution in [2.45, 2.75) is 0 Å². The summed E-state index contributed by atoms with van der Waals surface area (Å²) in [4.78, 5) is 0.